The molecule has 0 bridgehead atoms. The molecule has 4 rings (SSSR count). The number of fused-ring (bicyclic) bond motifs is 3. The van der Waals surface area contributed by atoms with Gasteiger partial charge in [-0.05, 0) is 41.3 Å². The second-order valence-corrected chi connectivity index (χ2v) is 5.64. The van der Waals surface area contributed by atoms with Gasteiger partial charge in [0.2, 0.25) is 0 Å². The van der Waals surface area contributed by atoms with Crippen LogP contribution in [0.5, 0.6) is 0 Å². The van der Waals surface area contributed by atoms with E-state index in [4.69, 9.17) is 15.9 Å². The summed E-state index contributed by atoms with van der Waals surface area (Å²) in [5.74, 6) is 0.789. The third kappa shape index (κ3) is 1.80. The summed E-state index contributed by atoms with van der Waals surface area (Å²) < 4.78 is 5.61. The number of nitrogens with zero attached hydrogens (tertiary/aromatic N) is 1. The molecule has 4 N–H and O–H groups in total. The van der Waals surface area contributed by atoms with Crippen molar-refractivity contribution in [3.05, 3.63) is 64.8 Å². The van der Waals surface area contributed by atoms with Crippen LogP contribution in [0.1, 0.15) is 35.2 Å². The SMILES string of the molecule is CCc1ccc([C@H]2c3cc(N)ccc3-c3oc(N)nc32)cc1. The van der Waals surface area contributed by atoms with Gasteiger partial charge in [-0.25, -0.2) is 0 Å². The van der Waals surface area contributed by atoms with Gasteiger partial charge >= 0.3 is 0 Å². The smallest absolute Gasteiger partial charge is 0.292 e. The fraction of sp³-hybridized carbons (Fsp3) is 0.167. The summed E-state index contributed by atoms with van der Waals surface area (Å²) >= 11 is 0. The lowest BCUT2D eigenvalue weighted by molar-refractivity contribution is 0.595. The molecule has 3 aromatic rings. The molecular weight excluding hydrogens is 274 g/mol. The number of nitrogen functional groups attached to an aromatic ring is 2. The summed E-state index contributed by atoms with van der Waals surface area (Å²) in [7, 11) is 0. The van der Waals surface area contributed by atoms with E-state index in [9.17, 15) is 0 Å². The Hall–Kier alpha value is -2.75. The van der Waals surface area contributed by atoms with Crippen LogP contribution in [0, 0.1) is 0 Å². The Balaban J connectivity index is 1.92. The molecule has 0 unspecified atom stereocenters. The van der Waals surface area contributed by atoms with Crippen LogP contribution >= 0.6 is 0 Å². The number of hydrogen-bond donors (Lipinski definition) is 2. The Morgan fingerprint density at radius 2 is 1.86 bits per heavy atom. The fourth-order valence-corrected chi connectivity index (χ4v) is 3.20. The Bertz CT molecular complexity index is 849. The standard InChI is InChI=1S/C18H17N3O/c1-2-10-3-5-11(6-4-10)15-14-9-12(19)7-8-13(14)17-16(15)21-18(20)22-17/h3-9,15H,2,19H2,1H3,(H2,20,21)/t15-/m0/s1. The van der Waals surface area contributed by atoms with Crippen molar-refractivity contribution in [3.8, 4) is 11.3 Å². The van der Waals surface area contributed by atoms with Gasteiger partial charge in [0.15, 0.2) is 5.76 Å². The van der Waals surface area contributed by atoms with E-state index in [0.717, 1.165) is 34.7 Å². The van der Waals surface area contributed by atoms with E-state index in [1.54, 1.807) is 0 Å². The third-order valence-corrected chi connectivity index (χ3v) is 4.30. The molecule has 110 valence electrons. The predicted molar refractivity (Wildman–Crippen MR) is 87.5 cm³/mol. The van der Waals surface area contributed by atoms with E-state index < -0.39 is 0 Å². The maximum absolute atomic E-state index is 5.97. The van der Waals surface area contributed by atoms with Gasteiger partial charge in [0.25, 0.3) is 6.01 Å². The quantitative estimate of drug-likeness (QED) is 0.553. The molecule has 4 nitrogen and oxygen atoms in total. The normalized spacial score (nSPS) is 15.6. The minimum Gasteiger partial charge on any atom is -0.423 e. The topological polar surface area (TPSA) is 78.1 Å². The van der Waals surface area contributed by atoms with Gasteiger partial charge in [-0.2, -0.15) is 4.98 Å². The minimum absolute atomic E-state index is 0.0282. The molecule has 0 radical (unpaired) electrons. The van der Waals surface area contributed by atoms with Gasteiger partial charge in [0.1, 0.15) is 5.69 Å². The maximum Gasteiger partial charge on any atom is 0.292 e. The Morgan fingerprint density at radius 3 is 2.59 bits per heavy atom. The first kappa shape index (κ1) is 13.0. The van der Waals surface area contributed by atoms with Crippen molar-refractivity contribution in [3.63, 3.8) is 0 Å². The van der Waals surface area contributed by atoms with Crippen molar-refractivity contribution < 1.29 is 4.42 Å². The van der Waals surface area contributed by atoms with E-state index in [1.807, 2.05) is 18.2 Å². The summed E-state index contributed by atoms with van der Waals surface area (Å²) in [5.41, 5.74) is 18.0. The number of aromatic nitrogens is 1. The highest BCUT2D eigenvalue weighted by Crippen LogP contribution is 2.48. The average molecular weight is 291 g/mol. The van der Waals surface area contributed by atoms with Crippen molar-refractivity contribution >= 4 is 11.7 Å². The highest BCUT2D eigenvalue weighted by molar-refractivity contribution is 5.78. The lowest BCUT2D eigenvalue weighted by Crippen LogP contribution is -2.02. The zero-order chi connectivity index (χ0) is 15.3. The summed E-state index contributed by atoms with van der Waals surface area (Å²) in [4.78, 5) is 4.41. The van der Waals surface area contributed by atoms with Gasteiger partial charge in [-0.3, -0.25) is 0 Å². The van der Waals surface area contributed by atoms with E-state index in [2.05, 4.69) is 36.2 Å². The van der Waals surface area contributed by atoms with Crippen molar-refractivity contribution in [2.24, 2.45) is 0 Å². The molecule has 1 aliphatic carbocycles. The first-order valence-corrected chi connectivity index (χ1v) is 7.42. The molecule has 0 saturated heterocycles. The van der Waals surface area contributed by atoms with Crippen LogP contribution in [0.25, 0.3) is 11.3 Å². The second-order valence-electron chi connectivity index (χ2n) is 5.64. The van der Waals surface area contributed by atoms with Crippen molar-refractivity contribution in [1.82, 2.24) is 4.98 Å². The number of oxazole rings is 1. The number of aryl methyl sites for hydroxylation is 1. The van der Waals surface area contributed by atoms with E-state index >= 15 is 0 Å². The zero-order valence-electron chi connectivity index (χ0n) is 12.3. The largest absolute Gasteiger partial charge is 0.423 e. The lowest BCUT2D eigenvalue weighted by Gasteiger charge is -2.13. The molecule has 1 atom stereocenters. The molecule has 0 aliphatic heterocycles. The molecule has 2 aromatic carbocycles. The fourth-order valence-electron chi connectivity index (χ4n) is 3.20. The number of nitrogens with two attached hydrogens (primary N) is 2. The monoisotopic (exact) mass is 291 g/mol. The zero-order valence-corrected chi connectivity index (χ0v) is 12.3. The Morgan fingerprint density at radius 1 is 1.09 bits per heavy atom. The number of benzene rings is 2. The molecule has 0 fully saturated rings. The highest BCUT2D eigenvalue weighted by Gasteiger charge is 2.35. The summed E-state index contributed by atoms with van der Waals surface area (Å²) in [6.45, 7) is 2.15. The minimum atomic E-state index is 0.0282. The van der Waals surface area contributed by atoms with Gasteiger partial charge in [0, 0.05) is 11.3 Å². The summed E-state index contributed by atoms with van der Waals surface area (Å²) in [5, 5.41) is 0. The third-order valence-electron chi connectivity index (χ3n) is 4.30. The van der Waals surface area contributed by atoms with Crippen molar-refractivity contribution in [2.45, 2.75) is 19.3 Å². The molecule has 22 heavy (non-hydrogen) atoms. The maximum atomic E-state index is 5.97. The van der Waals surface area contributed by atoms with E-state index in [0.29, 0.717) is 0 Å². The first-order valence-electron chi connectivity index (χ1n) is 7.42. The van der Waals surface area contributed by atoms with Crippen LogP contribution < -0.4 is 11.5 Å². The average Bonchev–Trinajstić information content (AvgIpc) is 3.02. The lowest BCUT2D eigenvalue weighted by atomic mass is 9.91. The van der Waals surface area contributed by atoms with Crippen LogP contribution in [0.4, 0.5) is 11.7 Å². The summed E-state index contributed by atoms with van der Waals surface area (Å²) in [6.07, 6.45) is 1.02. The van der Waals surface area contributed by atoms with Crippen LogP contribution in [-0.4, -0.2) is 4.98 Å². The van der Waals surface area contributed by atoms with Crippen LogP contribution in [0.2, 0.25) is 0 Å². The Labute approximate surface area is 128 Å². The van der Waals surface area contributed by atoms with Crippen LogP contribution in [-0.2, 0) is 6.42 Å². The van der Waals surface area contributed by atoms with Gasteiger partial charge in [0.05, 0.1) is 5.92 Å². The second kappa shape index (κ2) is 4.63. The number of anilines is 2. The highest BCUT2D eigenvalue weighted by atomic mass is 16.4. The molecule has 0 amide bonds. The number of rotatable bonds is 2. The Kier molecular flexibility index (Phi) is 2.73. The van der Waals surface area contributed by atoms with Gasteiger partial charge in [-0.15, -0.1) is 0 Å². The molecule has 0 spiro atoms. The molecule has 1 aromatic heterocycles. The van der Waals surface area contributed by atoms with Crippen molar-refractivity contribution in [1.29, 1.82) is 0 Å². The molecule has 0 saturated carbocycles. The summed E-state index contributed by atoms with van der Waals surface area (Å²) in [6, 6.07) is 14.7. The van der Waals surface area contributed by atoms with Crippen LogP contribution in [0.3, 0.4) is 0 Å². The molecule has 1 aliphatic rings. The molecule has 1 heterocycles. The van der Waals surface area contributed by atoms with Crippen LogP contribution in [0.15, 0.2) is 46.9 Å². The first-order chi connectivity index (χ1) is 10.7. The van der Waals surface area contributed by atoms with E-state index in [-0.39, 0.29) is 11.9 Å². The van der Waals surface area contributed by atoms with E-state index in [1.165, 1.54) is 11.1 Å². The predicted octanol–water partition coefficient (Wildman–Crippen LogP) is 3.56. The molecule has 4 heteroatoms. The molecular formula is C18H17N3O. The van der Waals surface area contributed by atoms with Crippen molar-refractivity contribution in [2.75, 3.05) is 11.5 Å². The number of hydrogen-bond acceptors (Lipinski definition) is 4. The van der Waals surface area contributed by atoms with Gasteiger partial charge in [-0.1, -0.05) is 31.2 Å². The van der Waals surface area contributed by atoms with Gasteiger partial charge < -0.3 is 15.9 Å².